The monoisotopic (exact) mass is 318 g/mol. The average Bonchev–Trinajstić information content (AvgIpc) is 2.44. The van der Waals surface area contributed by atoms with Crippen molar-refractivity contribution in [3.63, 3.8) is 0 Å². The van der Waals surface area contributed by atoms with Crippen LogP contribution in [0.3, 0.4) is 0 Å². The van der Waals surface area contributed by atoms with E-state index in [1.54, 1.807) is 18.0 Å². The summed E-state index contributed by atoms with van der Waals surface area (Å²) in [6, 6.07) is 5.28. The van der Waals surface area contributed by atoms with E-state index in [1.807, 2.05) is 17.4 Å². The first kappa shape index (κ1) is 18.4. The van der Waals surface area contributed by atoms with E-state index in [4.69, 9.17) is 5.84 Å². The summed E-state index contributed by atoms with van der Waals surface area (Å²) >= 11 is 0. The van der Waals surface area contributed by atoms with Crippen LogP contribution in [0.5, 0.6) is 0 Å². The summed E-state index contributed by atoms with van der Waals surface area (Å²) in [5.74, 6) is 4.71. The number of carbonyl (C=O) groups is 1. The maximum absolute atomic E-state index is 12.6. The van der Waals surface area contributed by atoms with Gasteiger partial charge in [0.15, 0.2) is 0 Å². The number of nitrogens with two attached hydrogens (primary N) is 1. The third-order valence-corrected chi connectivity index (χ3v) is 3.14. The van der Waals surface area contributed by atoms with Crippen molar-refractivity contribution in [2.45, 2.75) is 12.7 Å². The van der Waals surface area contributed by atoms with E-state index < -0.39 is 11.7 Å². The van der Waals surface area contributed by atoms with Gasteiger partial charge in [-0.3, -0.25) is 15.1 Å². The molecule has 1 amide bonds. The number of hydrazine groups is 1. The van der Waals surface area contributed by atoms with Gasteiger partial charge in [-0.05, 0) is 25.7 Å². The van der Waals surface area contributed by atoms with E-state index in [0.717, 1.165) is 12.1 Å². The van der Waals surface area contributed by atoms with E-state index >= 15 is 0 Å². The van der Waals surface area contributed by atoms with Gasteiger partial charge in [-0.1, -0.05) is 18.2 Å². The fraction of sp³-hybridized carbons (Fsp3) is 0.500. The summed E-state index contributed by atoms with van der Waals surface area (Å²) < 4.78 is 37.9. The van der Waals surface area contributed by atoms with Gasteiger partial charge in [0.1, 0.15) is 0 Å². The van der Waals surface area contributed by atoms with Crippen LogP contribution < -0.4 is 11.3 Å². The molecule has 0 aliphatic carbocycles. The lowest BCUT2D eigenvalue weighted by atomic mass is 10.1. The first-order valence-electron chi connectivity index (χ1n) is 6.75. The van der Waals surface area contributed by atoms with Crippen molar-refractivity contribution in [2.24, 2.45) is 5.84 Å². The predicted molar refractivity (Wildman–Crippen MR) is 77.6 cm³/mol. The Morgan fingerprint density at radius 3 is 2.45 bits per heavy atom. The second kappa shape index (κ2) is 8.11. The summed E-state index contributed by atoms with van der Waals surface area (Å²) in [6.45, 7) is 1.79. The number of hydrogen-bond donors (Lipinski definition) is 2. The molecule has 0 bridgehead atoms. The SMILES string of the molecule is CN(CCN(C)Cc1cccc(C(F)(F)F)c1)CC(=O)NN. The van der Waals surface area contributed by atoms with Gasteiger partial charge in [0.05, 0.1) is 12.1 Å². The Hall–Kier alpha value is -1.64. The van der Waals surface area contributed by atoms with Crippen LogP contribution in [-0.4, -0.2) is 49.4 Å². The number of rotatable bonds is 7. The molecule has 0 aliphatic rings. The number of carbonyl (C=O) groups excluding carboxylic acids is 1. The van der Waals surface area contributed by atoms with Crippen molar-refractivity contribution >= 4 is 5.91 Å². The number of halogens is 3. The third kappa shape index (κ3) is 6.42. The molecule has 0 heterocycles. The molecule has 5 nitrogen and oxygen atoms in total. The Morgan fingerprint density at radius 1 is 1.23 bits per heavy atom. The molecule has 0 fully saturated rings. The first-order chi connectivity index (χ1) is 10.2. The Labute approximate surface area is 127 Å². The van der Waals surface area contributed by atoms with Crippen molar-refractivity contribution in [3.05, 3.63) is 35.4 Å². The Kier molecular flexibility index (Phi) is 6.79. The smallest absolute Gasteiger partial charge is 0.301 e. The van der Waals surface area contributed by atoms with Gasteiger partial charge < -0.3 is 4.90 Å². The molecule has 1 rings (SSSR count). The molecule has 0 radical (unpaired) electrons. The van der Waals surface area contributed by atoms with E-state index in [1.165, 1.54) is 6.07 Å². The lowest BCUT2D eigenvalue weighted by Gasteiger charge is -2.21. The van der Waals surface area contributed by atoms with Crippen LogP contribution in [0.25, 0.3) is 0 Å². The minimum absolute atomic E-state index is 0.175. The van der Waals surface area contributed by atoms with Crippen LogP contribution in [0.2, 0.25) is 0 Å². The fourth-order valence-corrected chi connectivity index (χ4v) is 1.95. The molecule has 1 aromatic carbocycles. The van der Waals surface area contributed by atoms with E-state index in [0.29, 0.717) is 25.2 Å². The Morgan fingerprint density at radius 2 is 1.86 bits per heavy atom. The normalized spacial score (nSPS) is 12.0. The molecule has 1 aromatic rings. The largest absolute Gasteiger partial charge is 0.416 e. The molecule has 0 atom stereocenters. The van der Waals surface area contributed by atoms with E-state index in [-0.39, 0.29) is 12.5 Å². The number of likely N-dealkylation sites (N-methyl/N-ethyl adjacent to an activating group) is 2. The fourth-order valence-electron chi connectivity index (χ4n) is 1.95. The first-order valence-corrected chi connectivity index (χ1v) is 6.75. The van der Waals surface area contributed by atoms with Crippen LogP contribution in [0.15, 0.2) is 24.3 Å². The molecule has 0 spiro atoms. The van der Waals surface area contributed by atoms with Gasteiger partial charge in [0, 0.05) is 19.6 Å². The summed E-state index contributed by atoms with van der Waals surface area (Å²) in [5.41, 5.74) is 2.00. The number of nitrogens with one attached hydrogen (secondary N) is 1. The molecule has 0 aromatic heterocycles. The standard InChI is InChI=1S/C14H21F3N4O/c1-20(6-7-21(2)10-13(22)19-18)9-11-4-3-5-12(8-11)14(15,16)17/h3-5,8H,6-7,9-10,18H2,1-2H3,(H,19,22). The van der Waals surface area contributed by atoms with Crippen molar-refractivity contribution in [2.75, 3.05) is 33.7 Å². The zero-order valence-corrected chi connectivity index (χ0v) is 12.7. The van der Waals surface area contributed by atoms with Crippen LogP contribution in [-0.2, 0) is 17.5 Å². The minimum atomic E-state index is -4.33. The molecule has 8 heteroatoms. The summed E-state index contributed by atoms with van der Waals surface area (Å²) in [4.78, 5) is 14.8. The average molecular weight is 318 g/mol. The second-order valence-electron chi connectivity index (χ2n) is 5.24. The minimum Gasteiger partial charge on any atom is -0.301 e. The van der Waals surface area contributed by atoms with Crippen LogP contribution in [0.1, 0.15) is 11.1 Å². The van der Waals surface area contributed by atoms with Crippen molar-refractivity contribution in [3.8, 4) is 0 Å². The molecule has 0 saturated carbocycles. The molecule has 0 unspecified atom stereocenters. The maximum Gasteiger partial charge on any atom is 0.416 e. The van der Waals surface area contributed by atoms with Crippen molar-refractivity contribution in [1.29, 1.82) is 0 Å². The van der Waals surface area contributed by atoms with Gasteiger partial charge in [-0.15, -0.1) is 0 Å². The zero-order chi connectivity index (χ0) is 16.8. The van der Waals surface area contributed by atoms with Crippen LogP contribution in [0, 0.1) is 0 Å². The molecule has 124 valence electrons. The van der Waals surface area contributed by atoms with Gasteiger partial charge in [-0.25, -0.2) is 5.84 Å². The quantitative estimate of drug-likeness (QED) is 0.448. The molecular formula is C14H21F3N4O. The summed E-state index contributed by atoms with van der Waals surface area (Å²) in [7, 11) is 3.59. The summed E-state index contributed by atoms with van der Waals surface area (Å²) in [5, 5.41) is 0. The van der Waals surface area contributed by atoms with Gasteiger partial charge in [-0.2, -0.15) is 13.2 Å². The van der Waals surface area contributed by atoms with Gasteiger partial charge in [0.2, 0.25) is 5.91 Å². The topological polar surface area (TPSA) is 61.6 Å². The molecule has 0 aliphatic heterocycles. The molecule has 0 saturated heterocycles. The van der Waals surface area contributed by atoms with E-state index in [9.17, 15) is 18.0 Å². The van der Waals surface area contributed by atoms with Gasteiger partial charge >= 0.3 is 6.18 Å². The highest BCUT2D eigenvalue weighted by Gasteiger charge is 2.30. The Balaban J connectivity index is 2.48. The lowest BCUT2D eigenvalue weighted by Crippen LogP contribution is -2.41. The zero-order valence-electron chi connectivity index (χ0n) is 12.7. The molecular weight excluding hydrogens is 297 g/mol. The highest BCUT2D eigenvalue weighted by molar-refractivity contribution is 5.77. The lowest BCUT2D eigenvalue weighted by molar-refractivity contribution is -0.137. The molecule has 3 N–H and O–H groups in total. The van der Waals surface area contributed by atoms with Crippen LogP contribution in [0.4, 0.5) is 13.2 Å². The Bertz CT molecular complexity index is 493. The van der Waals surface area contributed by atoms with E-state index in [2.05, 4.69) is 0 Å². The van der Waals surface area contributed by atoms with Gasteiger partial charge in [0.25, 0.3) is 0 Å². The van der Waals surface area contributed by atoms with Crippen molar-refractivity contribution in [1.82, 2.24) is 15.2 Å². The number of benzene rings is 1. The number of amides is 1. The highest BCUT2D eigenvalue weighted by atomic mass is 19.4. The predicted octanol–water partition coefficient (Wildman–Crippen LogP) is 1.06. The maximum atomic E-state index is 12.6. The summed E-state index contributed by atoms with van der Waals surface area (Å²) in [6.07, 6.45) is -4.33. The molecule has 22 heavy (non-hydrogen) atoms. The number of hydrogen-bond acceptors (Lipinski definition) is 4. The number of nitrogens with zero attached hydrogens (tertiary/aromatic N) is 2. The van der Waals surface area contributed by atoms with Crippen molar-refractivity contribution < 1.29 is 18.0 Å². The van der Waals surface area contributed by atoms with Crippen LogP contribution >= 0.6 is 0 Å². The highest BCUT2D eigenvalue weighted by Crippen LogP contribution is 2.29. The number of alkyl halides is 3. The third-order valence-electron chi connectivity index (χ3n) is 3.14. The second-order valence-corrected chi connectivity index (χ2v) is 5.24.